The molecule has 13 heavy (non-hydrogen) atoms. The predicted molar refractivity (Wildman–Crippen MR) is 52.1 cm³/mol. The van der Waals surface area contributed by atoms with E-state index in [0.717, 1.165) is 24.0 Å². The van der Waals surface area contributed by atoms with E-state index in [4.69, 9.17) is 4.74 Å². The van der Waals surface area contributed by atoms with Crippen molar-refractivity contribution in [3.63, 3.8) is 0 Å². The Bertz CT molecular complexity index is 292. The minimum atomic E-state index is 0.555. The number of methoxy groups -OCH3 is 1. The van der Waals surface area contributed by atoms with Gasteiger partial charge >= 0.3 is 0 Å². The highest BCUT2D eigenvalue weighted by atomic mass is 16.5. The molecule has 0 saturated carbocycles. The quantitative estimate of drug-likeness (QED) is 0.660. The lowest BCUT2D eigenvalue weighted by atomic mass is 10.1. The molecule has 0 saturated heterocycles. The van der Waals surface area contributed by atoms with Gasteiger partial charge in [-0.15, -0.1) is 0 Å². The average Bonchev–Trinajstić information content (AvgIpc) is 2.16. The Hall–Kier alpha value is -1.31. The van der Waals surface area contributed by atoms with Gasteiger partial charge in [0.2, 0.25) is 0 Å². The molecule has 0 aliphatic heterocycles. The summed E-state index contributed by atoms with van der Waals surface area (Å²) in [5, 5.41) is 0. The first kappa shape index (κ1) is 9.78. The van der Waals surface area contributed by atoms with E-state index in [1.54, 1.807) is 7.11 Å². The van der Waals surface area contributed by atoms with Crippen molar-refractivity contribution in [1.82, 2.24) is 0 Å². The second-order valence-corrected chi connectivity index (χ2v) is 3.02. The summed E-state index contributed by atoms with van der Waals surface area (Å²) in [7, 11) is 1.65. The summed E-state index contributed by atoms with van der Waals surface area (Å²) in [6.07, 6.45) is 2.24. The van der Waals surface area contributed by atoms with Crippen LogP contribution in [-0.2, 0) is 11.2 Å². The van der Waals surface area contributed by atoms with E-state index in [9.17, 15) is 4.79 Å². The summed E-state index contributed by atoms with van der Waals surface area (Å²) in [5.74, 6) is 0.877. The molecule has 0 heterocycles. The van der Waals surface area contributed by atoms with Crippen LogP contribution >= 0.6 is 0 Å². The van der Waals surface area contributed by atoms with Gasteiger partial charge in [0.25, 0.3) is 0 Å². The molecule has 0 spiro atoms. The van der Waals surface area contributed by atoms with Gasteiger partial charge in [-0.2, -0.15) is 0 Å². The zero-order valence-corrected chi connectivity index (χ0v) is 8.04. The number of rotatable bonds is 4. The molecule has 1 rings (SSSR count). The summed E-state index contributed by atoms with van der Waals surface area (Å²) in [4.78, 5) is 10.2. The SMILES string of the molecule is COc1cc(C)ccc1CCC=O. The fraction of sp³-hybridized carbons (Fsp3) is 0.364. The van der Waals surface area contributed by atoms with Crippen molar-refractivity contribution < 1.29 is 9.53 Å². The highest BCUT2D eigenvalue weighted by Crippen LogP contribution is 2.20. The molecule has 0 fully saturated rings. The molecule has 0 unspecified atom stereocenters. The normalized spacial score (nSPS) is 9.69. The number of hydrogen-bond donors (Lipinski definition) is 0. The topological polar surface area (TPSA) is 26.3 Å². The van der Waals surface area contributed by atoms with Gasteiger partial charge in [0.1, 0.15) is 12.0 Å². The Morgan fingerprint density at radius 3 is 2.85 bits per heavy atom. The third-order valence-corrected chi connectivity index (χ3v) is 1.97. The molecule has 0 bridgehead atoms. The van der Waals surface area contributed by atoms with Gasteiger partial charge in [-0.3, -0.25) is 0 Å². The van der Waals surface area contributed by atoms with Crippen molar-refractivity contribution >= 4 is 6.29 Å². The van der Waals surface area contributed by atoms with E-state index in [-0.39, 0.29) is 0 Å². The Labute approximate surface area is 78.5 Å². The Kier molecular flexibility index (Phi) is 3.50. The number of carbonyl (C=O) groups excluding carboxylic acids is 1. The first-order valence-corrected chi connectivity index (χ1v) is 4.35. The van der Waals surface area contributed by atoms with Crippen LogP contribution in [0.3, 0.4) is 0 Å². The summed E-state index contributed by atoms with van der Waals surface area (Å²) >= 11 is 0. The lowest BCUT2D eigenvalue weighted by Crippen LogP contribution is -1.93. The fourth-order valence-electron chi connectivity index (χ4n) is 1.27. The predicted octanol–water partition coefficient (Wildman–Crippen LogP) is 2.14. The molecule has 1 aromatic carbocycles. The van der Waals surface area contributed by atoms with Gasteiger partial charge in [0, 0.05) is 6.42 Å². The smallest absolute Gasteiger partial charge is 0.122 e. The van der Waals surface area contributed by atoms with Gasteiger partial charge in [0.05, 0.1) is 7.11 Å². The van der Waals surface area contributed by atoms with E-state index in [1.165, 1.54) is 5.56 Å². The van der Waals surface area contributed by atoms with Crippen molar-refractivity contribution in [2.75, 3.05) is 7.11 Å². The number of ether oxygens (including phenoxy) is 1. The summed E-state index contributed by atoms with van der Waals surface area (Å²) in [5.41, 5.74) is 2.27. The van der Waals surface area contributed by atoms with Crippen molar-refractivity contribution in [3.8, 4) is 5.75 Å². The third-order valence-electron chi connectivity index (χ3n) is 1.97. The van der Waals surface area contributed by atoms with E-state index >= 15 is 0 Å². The molecule has 70 valence electrons. The summed E-state index contributed by atoms with van der Waals surface area (Å²) in [6.45, 7) is 2.02. The Balaban J connectivity index is 2.85. The summed E-state index contributed by atoms with van der Waals surface area (Å²) < 4.78 is 5.21. The van der Waals surface area contributed by atoms with E-state index in [0.29, 0.717) is 6.42 Å². The number of hydrogen-bond acceptors (Lipinski definition) is 2. The van der Waals surface area contributed by atoms with Crippen LogP contribution in [0.5, 0.6) is 5.75 Å². The molecular formula is C11H14O2. The Morgan fingerprint density at radius 1 is 1.46 bits per heavy atom. The van der Waals surface area contributed by atoms with Gasteiger partial charge in [0.15, 0.2) is 0 Å². The molecular weight excluding hydrogens is 164 g/mol. The molecule has 1 aromatic rings. The fourth-order valence-corrected chi connectivity index (χ4v) is 1.27. The van der Waals surface area contributed by atoms with Crippen LogP contribution in [0.4, 0.5) is 0 Å². The maximum absolute atomic E-state index is 10.2. The number of aldehydes is 1. The monoisotopic (exact) mass is 178 g/mol. The standard InChI is InChI=1S/C11H14O2/c1-9-5-6-10(4-3-7-12)11(8-9)13-2/h5-8H,3-4H2,1-2H3. The van der Waals surface area contributed by atoms with E-state index < -0.39 is 0 Å². The van der Waals surface area contributed by atoms with Gasteiger partial charge in [-0.1, -0.05) is 12.1 Å². The van der Waals surface area contributed by atoms with E-state index in [2.05, 4.69) is 0 Å². The van der Waals surface area contributed by atoms with Crippen LogP contribution < -0.4 is 4.74 Å². The minimum Gasteiger partial charge on any atom is -0.496 e. The van der Waals surface area contributed by atoms with E-state index in [1.807, 2.05) is 25.1 Å². The average molecular weight is 178 g/mol. The zero-order valence-electron chi connectivity index (χ0n) is 8.04. The zero-order chi connectivity index (χ0) is 9.68. The molecule has 0 amide bonds. The minimum absolute atomic E-state index is 0.555. The highest BCUT2D eigenvalue weighted by Gasteiger charge is 2.01. The van der Waals surface area contributed by atoms with Gasteiger partial charge in [-0.05, 0) is 30.5 Å². The highest BCUT2D eigenvalue weighted by molar-refractivity contribution is 5.51. The lowest BCUT2D eigenvalue weighted by molar-refractivity contribution is -0.107. The molecule has 2 nitrogen and oxygen atoms in total. The first-order chi connectivity index (χ1) is 6.27. The second kappa shape index (κ2) is 4.65. The van der Waals surface area contributed by atoms with Crippen molar-refractivity contribution in [1.29, 1.82) is 0 Å². The van der Waals surface area contributed by atoms with Crippen LogP contribution in [0, 0.1) is 6.92 Å². The molecule has 0 N–H and O–H groups in total. The maximum atomic E-state index is 10.2. The van der Waals surface area contributed by atoms with Crippen LogP contribution in [0.2, 0.25) is 0 Å². The van der Waals surface area contributed by atoms with Gasteiger partial charge < -0.3 is 9.53 Å². The molecule has 0 aliphatic rings. The van der Waals surface area contributed by atoms with Crippen molar-refractivity contribution in [2.24, 2.45) is 0 Å². The number of carbonyl (C=O) groups is 1. The molecule has 2 heteroatoms. The number of benzene rings is 1. The van der Waals surface area contributed by atoms with Crippen LogP contribution in [0.25, 0.3) is 0 Å². The maximum Gasteiger partial charge on any atom is 0.122 e. The number of aryl methyl sites for hydroxylation is 2. The molecule has 0 aliphatic carbocycles. The second-order valence-electron chi connectivity index (χ2n) is 3.02. The Morgan fingerprint density at radius 2 is 2.23 bits per heavy atom. The third kappa shape index (κ3) is 2.58. The van der Waals surface area contributed by atoms with Crippen LogP contribution in [-0.4, -0.2) is 13.4 Å². The van der Waals surface area contributed by atoms with Crippen LogP contribution in [0.1, 0.15) is 17.5 Å². The molecule has 0 radical (unpaired) electrons. The van der Waals surface area contributed by atoms with Crippen molar-refractivity contribution in [3.05, 3.63) is 29.3 Å². The summed E-state index contributed by atoms with van der Waals surface area (Å²) in [6, 6.07) is 6.03. The molecule has 0 atom stereocenters. The van der Waals surface area contributed by atoms with Crippen LogP contribution in [0.15, 0.2) is 18.2 Å². The first-order valence-electron chi connectivity index (χ1n) is 4.35. The van der Waals surface area contributed by atoms with Gasteiger partial charge in [-0.25, -0.2) is 0 Å². The lowest BCUT2D eigenvalue weighted by Gasteiger charge is -2.07. The molecule has 0 aromatic heterocycles. The largest absolute Gasteiger partial charge is 0.496 e. The van der Waals surface area contributed by atoms with Crippen molar-refractivity contribution in [2.45, 2.75) is 19.8 Å².